The second kappa shape index (κ2) is 12.7. The number of aromatic nitrogens is 4. The fourth-order valence-electron chi connectivity index (χ4n) is 3.26. The number of carbonyl (C=O) groups is 2. The molecule has 3 aromatic rings. The smallest absolute Gasteiger partial charge is 0.327 e. The van der Waals surface area contributed by atoms with E-state index in [4.69, 9.17) is 21.1 Å². The molecule has 0 spiro atoms. The summed E-state index contributed by atoms with van der Waals surface area (Å²) in [6.07, 6.45) is 3.83. The van der Waals surface area contributed by atoms with Crippen molar-refractivity contribution in [1.29, 1.82) is 0 Å². The van der Waals surface area contributed by atoms with Gasteiger partial charge in [-0.1, -0.05) is 18.2 Å². The van der Waals surface area contributed by atoms with Crippen LogP contribution in [0.4, 0.5) is 38.0 Å². The molecule has 3 amide bonds. The van der Waals surface area contributed by atoms with Gasteiger partial charge in [-0.15, -0.1) is 0 Å². The number of halogens is 2. The van der Waals surface area contributed by atoms with Gasteiger partial charge in [0.15, 0.2) is 5.82 Å². The van der Waals surface area contributed by atoms with Crippen LogP contribution < -0.4 is 30.3 Å². The molecule has 0 unspecified atom stereocenters. The van der Waals surface area contributed by atoms with Crippen molar-refractivity contribution in [3.8, 4) is 11.5 Å². The van der Waals surface area contributed by atoms with Crippen molar-refractivity contribution in [1.82, 2.24) is 19.7 Å². The van der Waals surface area contributed by atoms with Crippen LogP contribution in [0.15, 0.2) is 37.3 Å². The predicted octanol–water partition coefficient (Wildman–Crippen LogP) is 3.34. The molecule has 1 aromatic carbocycles. The summed E-state index contributed by atoms with van der Waals surface area (Å²) in [7, 11) is 4.17. The Labute approximate surface area is 222 Å². The highest BCUT2D eigenvalue weighted by molar-refractivity contribution is 6.35. The first-order valence-corrected chi connectivity index (χ1v) is 11.4. The number of aliphatic hydroxyl groups excluding tert-OH is 1. The lowest BCUT2D eigenvalue weighted by atomic mass is 10.1. The predicted molar refractivity (Wildman–Crippen MR) is 140 cm³/mol. The fraction of sp³-hybridized carbons (Fsp3) is 0.261. The second-order valence-corrected chi connectivity index (χ2v) is 7.91. The Kier molecular flexibility index (Phi) is 9.40. The molecule has 0 aliphatic rings. The molecule has 0 bridgehead atoms. The Hall–Kier alpha value is -4.43. The molecule has 15 heteroatoms. The number of nitrogens with one attached hydrogen (secondary N) is 3. The molecule has 2 heterocycles. The lowest BCUT2D eigenvalue weighted by Gasteiger charge is -2.21. The number of benzene rings is 1. The van der Waals surface area contributed by atoms with Gasteiger partial charge in [0.25, 0.3) is 0 Å². The molecule has 0 aliphatic heterocycles. The second-order valence-electron chi connectivity index (χ2n) is 7.53. The number of anilines is 5. The Morgan fingerprint density at radius 2 is 1.97 bits per heavy atom. The maximum Gasteiger partial charge on any atom is 0.327 e. The van der Waals surface area contributed by atoms with E-state index in [1.807, 2.05) is 0 Å². The molecule has 0 radical (unpaired) electrons. The van der Waals surface area contributed by atoms with E-state index in [0.717, 1.165) is 11.0 Å². The quantitative estimate of drug-likeness (QED) is 0.264. The van der Waals surface area contributed by atoms with Crippen LogP contribution in [0.3, 0.4) is 0 Å². The Morgan fingerprint density at radius 1 is 1.24 bits per heavy atom. The van der Waals surface area contributed by atoms with Gasteiger partial charge in [-0.3, -0.25) is 14.4 Å². The molecule has 0 saturated carbocycles. The van der Waals surface area contributed by atoms with Crippen LogP contribution in [0.1, 0.15) is 5.56 Å². The average Bonchev–Trinajstić information content (AvgIpc) is 3.29. The minimum Gasteiger partial charge on any atom is -0.496 e. The molecular formula is C23H26ClFN8O5. The molecule has 13 nitrogen and oxygen atoms in total. The zero-order valence-corrected chi connectivity index (χ0v) is 21.5. The van der Waals surface area contributed by atoms with Gasteiger partial charge >= 0.3 is 6.03 Å². The van der Waals surface area contributed by atoms with Gasteiger partial charge in [0.05, 0.1) is 44.8 Å². The third-order valence-electron chi connectivity index (χ3n) is 5.18. The molecule has 0 saturated heterocycles. The van der Waals surface area contributed by atoms with Crippen LogP contribution in [0.2, 0.25) is 5.02 Å². The molecule has 202 valence electrons. The average molecular weight is 549 g/mol. The SMILES string of the molecule is C=CC(=O)Nc1cn(CCO)nc1Nc1cc(N(C)C(=O)Nc2c(Cl)c(OC)cc(OC)c2CF)ncn1. The van der Waals surface area contributed by atoms with E-state index in [9.17, 15) is 19.1 Å². The largest absolute Gasteiger partial charge is 0.496 e. The van der Waals surface area contributed by atoms with Crippen LogP contribution in [-0.4, -0.2) is 64.7 Å². The highest BCUT2D eigenvalue weighted by atomic mass is 35.5. The summed E-state index contributed by atoms with van der Waals surface area (Å²) >= 11 is 6.34. The minimum atomic E-state index is -0.957. The normalized spacial score (nSPS) is 10.5. The first kappa shape index (κ1) is 28.1. The summed E-state index contributed by atoms with van der Waals surface area (Å²) in [5, 5.41) is 21.6. The number of hydrogen-bond acceptors (Lipinski definition) is 9. The van der Waals surface area contributed by atoms with Crippen molar-refractivity contribution < 1.29 is 28.6 Å². The highest BCUT2D eigenvalue weighted by Crippen LogP contribution is 2.41. The van der Waals surface area contributed by atoms with Crippen molar-refractivity contribution in [3.63, 3.8) is 0 Å². The summed E-state index contributed by atoms with van der Waals surface area (Å²) in [5.74, 6) is 0.514. The number of aliphatic hydroxyl groups is 1. The van der Waals surface area contributed by atoms with Crippen LogP contribution >= 0.6 is 11.6 Å². The number of methoxy groups -OCH3 is 2. The topological polar surface area (TPSA) is 156 Å². The lowest BCUT2D eigenvalue weighted by Crippen LogP contribution is -2.32. The maximum atomic E-state index is 13.8. The zero-order valence-electron chi connectivity index (χ0n) is 20.8. The number of urea groups is 1. The van der Waals surface area contributed by atoms with E-state index in [1.165, 1.54) is 50.6 Å². The van der Waals surface area contributed by atoms with E-state index in [2.05, 4.69) is 37.6 Å². The van der Waals surface area contributed by atoms with Gasteiger partial charge in [0, 0.05) is 19.2 Å². The van der Waals surface area contributed by atoms with Crippen LogP contribution in [-0.2, 0) is 18.0 Å². The molecule has 0 atom stereocenters. The monoisotopic (exact) mass is 548 g/mol. The summed E-state index contributed by atoms with van der Waals surface area (Å²) in [5.41, 5.74) is 0.347. The van der Waals surface area contributed by atoms with Gasteiger partial charge in [-0.05, 0) is 6.08 Å². The van der Waals surface area contributed by atoms with E-state index < -0.39 is 18.6 Å². The third kappa shape index (κ3) is 6.27. The molecule has 2 aromatic heterocycles. The van der Waals surface area contributed by atoms with E-state index in [-0.39, 0.29) is 58.4 Å². The Bertz CT molecular complexity index is 1340. The third-order valence-corrected chi connectivity index (χ3v) is 5.56. The van der Waals surface area contributed by atoms with Crippen molar-refractivity contribution in [2.45, 2.75) is 13.2 Å². The Morgan fingerprint density at radius 3 is 2.61 bits per heavy atom. The molecule has 0 aliphatic carbocycles. The van der Waals surface area contributed by atoms with E-state index in [1.54, 1.807) is 0 Å². The number of rotatable bonds is 11. The van der Waals surface area contributed by atoms with Gasteiger partial charge in [-0.2, -0.15) is 5.10 Å². The number of hydrogen-bond donors (Lipinski definition) is 4. The van der Waals surface area contributed by atoms with Crippen molar-refractivity contribution in [2.24, 2.45) is 0 Å². The van der Waals surface area contributed by atoms with Crippen LogP contribution in [0.25, 0.3) is 0 Å². The van der Waals surface area contributed by atoms with Crippen molar-refractivity contribution in [3.05, 3.63) is 47.9 Å². The number of amides is 3. The van der Waals surface area contributed by atoms with Gasteiger partial charge in [-0.25, -0.2) is 19.2 Å². The molecule has 38 heavy (non-hydrogen) atoms. The van der Waals surface area contributed by atoms with Crippen LogP contribution in [0.5, 0.6) is 11.5 Å². The zero-order chi connectivity index (χ0) is 27.8. The van der Waals surface area contributed by atoms with Gasteiger partial charge < -0.3 is 30.5 Å². The lowest BCUT2D eigenvalue weighted by molar-refractivity contribution is -0.111. The number of nitrogens with zero attached hydrogens (tertiary/aromatic N) is 5. The summed E-state index contributed by atoms with van der Waals surface area (Å²) < 4.78 is 25.7. The molecular weight excluding hydrogens is 523 g/mol. The van der Waals surface area contributed by atoms with Crippen molar-refractivity contribution >= 4 is 52.4 Å². The maximum absolute atomic E-state index is 13.8. The summed E-state index contributed by atoms with van der Waals surface area (Å²) in [6.45, 7) is 2.49. The summed E-state index contributed by atoms with van der Waals surface area (Å²) in [4.78, 5) is 34.3. The molecule has 3 rings (SSSR count). The standard InChI is InChI=1S/C23H26ClFN8O5/c1-5-19(35)28-14-11-33(6-7-34)31-22(14)29-17-9-18(27-12-26-17)32(2)23(36)30-21-13(10-25)15(37-3)8-16(38-4)20(21)24/h5,8-9,11-12,34H,1,6-7,10H2,2-4H3,(H,28,35)(H,30,36)(H,26,27,29,31). The first-order chi connectivity index (χ1) is 18.3. The number of alkyl halides is 1. The van der Waals surface area contributed by atoms with Gasteiger partial charge in [0.2, 0.25) is 5.91 Å². The van der Waals surface area contributed by atoms with E-state index >= 15 is 0 Å². The minimum absolute atomic E-state index is 0.000287. The molecule has 0 fully saturated rings. The highest BCUT2D eigenvalue weighted by Gasteiger charge is 2.23. The fourth-order valence-corrected chi connectivity index (χ4v) is 3.56. The molecule has 4 N–H and O–H groups in total. The number of carbonyl (C=O) groups excluding carboxylic acids is 2. The Balaban J connectivity index is 1.86. The van der Waals surface area contributed by atoms with Crippen LogP contribution in [0, 0.1) is 0 Å². The van der Waals surface area contributed by atoms with E-state index in [0.29, 0.717) is 5.69 Å². The first-order valence-electron chi connectivity index (χ1n) is 11.0. The number of ether oxygens (including phenoxy) is 2. The summed E-state index contributed by atoms with van der Waals surface area (Å²) in [6, 6.07) is 2.19. The van der Waals surface area contributed by atoms with Crippen molar-refractivity contribution in [2.75, 3.05) is 48.7 Å². The van der Waals surface area contributed by atoms with Gasteiger partial charge in [0.1, 0.15) is 46.8 Å².